The molecule has 6 heteroatoms. The monoisotopic (exact) mass is 235 g/mol. The van der Waals surface area contributed by atoms with Crippen molar-refractivity contribution in [1.29, 1.82) is 0 Å². The summed E-state index contributed by atoms with van der Waals surface area (Å²) >= 11 is 11.3. The third-order valence-electron chi connectivity index (χ3n) is 1.65. The van der Waals surface area contributed by atoms with Gasteiger partial charge in [-0.15, -0.1) is 0 Å². The van der Waals surface area contributed by atoms with E-state index < -0.39 is 17.6 Å². The maximum atomic E-state index is 10.1. The topological polar surface area (TPSA) is 63.4 Å². The van der Waals surface area contributed by atoms with Crippen molar-refractivity contribution in [3.63, 3.8) is 0 Å². The largest absolute Gasteiger partial charge is 0.382 e. The summed E-state index contributed by atoms with van der Waals surface area (Å²) < 4.78 is 0. The van der Waals surface area contributed by atoms with Gasteiger partial charge in [0.25, 0.3) is 0 Å². The number of hydrogen-bond acceptors (Lipinski definition) is 3. The van der Waals surface area contributed by atoms with Crippen molar-refractivity contribution in [2.45, 2.75) is 6.10 Å². The van der Waals surface area contributed by atoms with Crippen LogP contribution in [-0.2, 0) is 0 Å². The van der Waals surface area contributed by atoms with Crippen LogP contribution in [0.25, 0.3) is 0 Å². The Kier molecular flexibility index (Phi) is 3.69. The van der Waals surface area contributed by atoms with Crippen molar-refractivity contribution in [3.05, 3.63) is 43.9 Å². The molecule has 4 nitrogen and oxygen atoms in total. The van der Waals surface area contributed by atoms with Crippen LogP contribution < -0.4 is 0 Å². The predicted molar refractivity (Wildman–Crippen MR) is 53.3 cm³/mol. The van der Waals surface area contributed by atoms with Crippen LogP contribution in [-0.4, -0.2) is 16.6 Å². The molecular formula is C8H7Cl2NO3. The number of rotatable bonds is 3. The molecule has 1 atom stereocenters. The number of benzene rings is 1. The van der Waals surface area contributed by atoms with E-state index in [4.69, 9.17) is 23.2 Å². The van der Waals surface area contributed by atoms with Gasteiger partial charge in [-0.25, -0.2) is 0 Å². The molecule has 14 heavy (non-hydrogen) atoms. The second kappa shape index (κ2) is 4.59. The van der Waals surface area contributed by atoms with Crippen molar-refractivity contribution >= 4 is 23.2 Å². The summed E-state index contributed by atoms with van der Waals surface area (Å²) in [5.41, 5.74) is 0.385. The van der Waals surface area contributed by atoms with Gasteiger partial charge in [0.15, 0.2) is 0 Å². The molecule has 0 aliphatic heterocycles. The fourth-order valence-electron chi connectivity index (χ4n) is 0.966. The lowest BCUT2D eigenvalue weighted by Gasteiger charge is -2.06. The second-order valence-electron chi connectivity index (χ2n) is 2.70. The Morgan fingerprint density at radius 1 is 1.43 bits per heavy atom. The molecule has 76 valence electrons. The van der Waals surface area contributed by atoms with Gasteiger partial charge >= 0.3 is 0 Å². The maximum absolute atomic E-state index is 10.1. The van der Waals surface area contributed by atoms with E-state index in [0.29, 0.717) is 10.6 Å². The van der Waals surface area contributed by atoms with Gasteiger partial charge in [-0.2, -0.15) is 0 Å². The molecule has 0 heterocycles. The molecule has 0 saturated heterocycles. The third kappa shape index (κ3) is 2.83. The van der Waals surface area contributed by atoms with E-state index in [9.17, 15) is 15.2 Å². The zero-order valence-corrected chi connectivity index (χ0v) is 8.50. The molecule has 0 spiro atoms. The first-order valence-electron chi connectivity index (χ1n) is 3.75. The molecule has 1 aromatic carbocycles. The lowest BCUT2D eigenvalue weighted by atomic mass is 10.1. The van der Waals surface area contributed by atoms with Crippen molar-refractivity contribution in [1.82, 2.24) is 0 Å². The Morgan fingerprint density at radius 3 is 2.57 bits per heavy atom. The average molecular weight is 236 g/mol. The molecule has 0 aliphatic rings. The van der Waals surface area contributed by atoms with Crippen LogP contribution in [0.1, 0.15) is 11.7 Å². The van der Waals surface area contributed by atoms with Crippen molar-refractivity contribution in [3.8, 4) is 0 Å². The van der Waals surface area contributed by atoms with E-state index in [1.807, 2.05) is 0 Å². The highest BCUT2D eigenvalue weighted by Crippen LogP contribution is 2.25. The Morgan fingerprint density at radius 2 is 2.07 bits per heavy atom. The number of aliphatic hydroxyl groups excluding tert-OH is 1. The minimum atomic E-state index is -1.15. The number of nitro groups is 1. The SMILES string of the molecule is O=[N+]([O-])C[C@@H](O)c1ccc(Cl)c(Cl)c1. The minimum Gasteiger partial charge on any atom is -0.382 e. The Labute approximate surface area is 90.2 Å². The lowest BCUT2D eigenvalue weighted by Crippen LogP contribution is -2.11. The Bertz CT molecular complexity index is 356. The van der Waals surface area contributed by atoms with E-state index in [1.165, 1.54) is 18.2 Å². The van der Waals surface area contributed by atoms with E-state index in [0.717, 1.165) is 0 Å². The van der Waals surface area contributed by atoms with Crippen LogP contribution in [0, 0.1) is 10.1 Å². The molecule has 0 radical (unpaired) electrons. The van der Waals surface area contributed by atoms with E-state index in [2.05, 4.69) is 0 Å². The normalized spacial score (nSPS) is 12.5. The minimum absolute atomic E-state index is 0.270. The van der Waals surface area contributed by atoms with Crippen LogP contribution in [0.5, 0.6) is 0 Å². The number of halogens is 2. The number of aliphatic hydroxyl groups is 1. The van der Waals surface area contributed by atoms with Crippen molar-refractivity contribution in [2.24, 2.45) is 0 Å². The van der Waals surface area contributed by atoms with Crippen molar-refractivity contribution < 1.29 is 10.0 Å². The number of hydrogen-bond donors (Lipinski definition) is 1. The highest BCUT2D eigenvalue weighted by Gasteiger charge is 2.14. The standard InChI is InChI=1S/C8H7Cl2NO3/c9-6-2-1-5(3-7(6)10)8(12)4-11(13)14/h1-3,8,12H,4H2/t8-/m1/s1. The van der Waals surface area contributed by atoms with Crippen LogP contribution in [0.2, 0.25) is 10.0 Å². The van der Waals surface area contributed by atoms with E-state index >= 15 is 0 Å². The molecule has 1 aromatic rings. The zero-order chi connectivity index (χ0) is 10.7. The number of nitrogens with zero attached hydrogens (tertiary/aromatic N) is 1. The van der Waals surface area contributed by atoms with Gasteiger partial charge in [0.05, 0.1) is 10.0 Å². The summed E-state index contributed by atoms with van der Waals surface area (Å²) in [6, 6.07) is 4.41. The molecular weight excluding hydrogens is 229 g/mol. The summed E-state index contributed by atoms with van der Waals surface area (Å²) in [4.78, 5) is 9.53. The molecule has 0 fully saturated rings. The van der Waals surface area contributed by atoms with Crippen LogP contribution in [0.3, 0.4) is 0 Å². The van der Waals surface area contributed by atoms with Crippen molar-refractivity contribution in [2.75, 3.05) is 6.54 Å². The van der Waals surface area contributed by atoms with Crippen LogP contribution in [0.4, 0.5) is 0 Å². The van der Waals surface area contributed by atoms with Gasteiger partial charge in [0.2, 0.25) is 6.54 Å². The van der Waals surface area contributed by atoms with Gasteiger partial charge in [-0.05, 0) is 17.7 Å². The lowest BCUT2D eigenvalue weighted by molar-refractivity contribution is -0.491. The van der Waals surface area contributed by atoms with Gasteiger partial charge in [0, 0.05) is 4.92 Å². The smallest absolute Gasteiger partial charge is 0.233 e. The highest BCUT2D eigenvalue weighted by molar-refractivity contribution is 6.42. The molecule has 0 unspecified atom stereocenters. The fraction of sp³-hybridized carbons (Fsp3) is 0.250. The van der Waals surface area contributed by atoms with Crippen LogP contribution in [0.15, 0.2) is 18.2 Å². The molecule has 1 rings (SSSR count). The first-order chi connectivity index (χ1) is 6.50. The first kappa shape index (κ1) is 11.2. The predicted octanol–water partition coefficient (Wildman–Crippen LogP) is 2.30. The summed E-state index contributed by atoms with van der Waals surface area (Å²) in [7, 11) is 0. The molecule has 1 N–H and O–H groups in total. The van der Waals surface area contributed by atoms with Gasteiger partial charge < -0.3 is 5.11 Å². The van der Waals surface area contributed by atoms with Gasteiger partial charge in [0.1, 0.15) is 6.10 Å². The summed E-state index contributed by atoms with van der Waals surface area (Å²) in [5, 5.41) is 20.1. The highest BCUT2D eigenvalue weighted by atomic mass is 35.5. The maximum Gasteiger partial charge on any atom is 0.233 e. The summed E-state index contributed by atoms with van der Waals surface area (Å²) in [5.74, 6) is 0. The van der Waals surface area contributed by atoms with E-state index in [-0.39, 0.29) is 5.02 Å². The quantitative estimate of drug-likeness (QED) is 0.646. The van der Waals surface area contributed by atoms with Crippen LogP contribution >= 0.6 is 23.2 Å². The first-order valence-corrected chi connectivity index (χ1v) is 4.51. The van der Waals surface area contributed by atoms with E-state index in [1.54, 1.807) is 0 Å². The fourth-order valence-corrected chi connectivity index (χ4v) is 1.27. The molecule has 0 bridgehead atoms. The average Bonchev–Trinajstić information content (AvgIpc) is 2.08. The molecule has 0 aliphatic carbocycles. The Hall–Kier alpha value is -0.840. The Balaban J connectivity index is 2.85. The summed E-state index contributed by atoms with van der Waals surface area (Å²) in [6.07, 6.45) is -1.15. The molecule has 0 aromatic heterocycles. The molecule has 0 amide bonds. The third-order valence-corrected chi connectivity index (χ3v) is 2.39. The van der Waals surface area contributed by atoms with Gasteiger partial charge in [-0.1, -0.05) is 29.3 Å². The second-order valence-corrected chi connectivity index (χ2v) is 3.52. The zero-order valence-electron chi connectivity index (χ0n) is 6.98. The summed E-state index contributed by atoms with van der Waals surface area (Å²) in [6.45, 7) is -0.544. The van der Waals surface area contributed by atoms with Gasteiger partial charge in [-0.3, -0.25) is 10.1 Å². The molecule has 0 saturated carbocycles.